The molecule has 2 fully saturated rings. The first-order valence-corrected chi connectivity index (χ1v) is 14.0. The third kappa shape index (κ3) is 6.74. The van der Waals surface area contributed by atoms with Crippen molar-refractivity contribution in [3.8, 4) is 5.75 Å². The van der Waals surface area contributed by atoms with Crippen LogP contribution in [0.25, 0.3) is 10.9 Å². The number of benzene rings is 2. The van der Waals surface area contributed by atoms with Crippen LogP contribution in [-0.4, -0.2) is 54.1 Å². The molecule has 2 aromatic carbocycles. The number of pyridine rings is 1. The van der Waals surface area contributed by atoms with Gasteiger partial charge in [0, 0.05) is 62.2 Å². The number of ketones is 1. The summed E-state index contributed by atoms with van der Waals surface area (Å²) < 4.78 is 44.9. The average Bonchev–Trinajstić information content (AvgIpc) is 3.75. The van der Waals surface area contributed by atoms with E-state index in [4.69, 9.17) is 0 Å². The van der Waals surface area contributed by atoms with E-state index >= 15 is 0 Å². The summed E-state index contributed by atoms with van der Waals surface area (Å²) in [6.45, 7) is 3.53. The number of carbonyl (C=O) groups is 2. The highest BCUT2D eigenvalue weighted by Crippen LogP contribution is 2.39. The van der Waals surface area contributed by atoms with E-state index in [1.54, 1.807) is 11.0 Å². The molecular weight excluding hydrogens is 519 g/mol. The summed E-state index contributed by atoms with van der Waals surface area (Å²) in [6, 6.07) is 12.9. The molecule has 1 aliphatic carbocycles. The maximum Gasteiger partial charge on any atom is 0.573 e. The molecule has 1 saturated carbocycles. The largest absolute Gasteiger partial charge is 0.573 e. The SMILES string of the molecule is CCCC(=O)N1CCN(c2cc3c(CCc4ccccc4)c(C(=O)CC4CC4)cnc3cc2OC(F)(F)F)CC1. The molecule has 3 aromatic rings. The highest BCUT2D eigenvalue weighted by Gasteiger charge is 2.34. The minimum Gasteiger partial charge on any atom is -0.403 e. The molecule has 40 heavy (non-hydrogen) atoms. The third-order valence-electron chi connectivity index (χ3n) is 7.70. The van der Waals surface area contributed by atoms with Crippen LogP contribution in [-0.2, 0) is 17.6 Å². The van der Waals surface area contributed by atoms with Crippen molar-refractivity contribution in [1.82, 2.24) is 9.88 Å². The Kier molecular flexibility index (Phi) is 8.28. The predicted octanol–water partition coefficient (Wildman–Crippen LogP) is 6.35. The van der Waals surface area contributed by atoms with Gasteiger partial charge >= 0.3 is 6.36 Å². The number of hydrogen-bond acceptors (Lipinski definition) is 5. The molecule has 0 atom stereocenters. The van der Waals surface area contributed by atoms with Crippen molar-refractivity contribution in [2.45, 2.75) is 58.2 Å². The summed E-state index contributed by atoms with van der Waals surface area (Å²) in [5.41, 5.74) is 3.10. The van der Waals surface area contributed by atoms with Crippen LogP contribution in [0, 0.1) is 5.92 Å². The molecule has 5 rings (SSSR count). The van der Waals surface area contributed by atoms with Gasteiger partial charge in [0.15, 0.2) is 11.5 Å². The number of Topliss-reactive ketones (excluding diaryl/α,β-unsaturated/α-hetero) is 1. The molecule has 1 aliphatic heterocycles. The Labute approximate surface area is 232 Å². The number of ether oxygens (including phenoxy) is 1. The quantitative estimate of drug-likeness (QED) is 0.274. The number of amides is 1. The molecule has 1 aromatic heterocycles. The number of aryl methyl sites for hydroxylation is 2. The minimum absolute atomic E-state index is 0.0279. The van der Waals surface area contributed by atoms with E-state index in [1.807, 2.05) is 42.2 Å². The van der Waals surface area contributed by atoms with Gasteiger partial charge in [-0.25, -0.2) is 0 Å². The maximum atomic E-state index is 13.5. The second kappa shape index (κ2) is 11.9. The van der Waals surface area contributed by atoms with Gasteiger partial charge in [-0.15, -0.1) is 13.2 Å². The first kappa shape index (κ1) is 27.9. The Hall–Kier alpha value is -3.62. The van der Waals surface area contributed by atoms with Crippen molar-refractivity contribution in [3.63, 3.8) is 0 Å². The Morgan fingerprint density at radius 3 is 2.40 bits per heavy atom. The van der Waals surface area contributed by atoms with Crippen molar-refractivity contribution in [2.75, 3.05) is 31.1 Å². The number of alkyl halides is 3. The normalized spacial score (nSPS) is 15.9. The molecule has 9 heteroatoms. The van der Waals surface area contributed by atoms with Crippen LogP contribution in [0.1, 0.15) is 60.5 Å². The van der Waals surface area contributed by atoms with Crippen molar-refractivity contribution >= 4 is 28.3 Å². The van der Waals surface area contributed by atoms with Crippen molar-refractivity contribution < 1.29 is 27.5 Å². The monoisotopic (exact) mass is 553 g/mol. The fourth-order valence-corrected chi connectivity index (χ4v) is 5.40. The molecule has 0 spiro atoms. The zero-order valence-electron chi connectivity index (χ0n) is 22.7. The van der Waals surface area contributed by atoms with E-state index in [9.17, 15) is 22.8 Å². The third-order valence-corrected chi connectivity index (χ3v) is 7.70. The molecule has 1 amide bonds. The molecule has 2 aliphatic rings. The van der Waals surface area contributed by atoms with Crippen LogP contribution in [0.15, 0.2) is 48.7 Å². The van der Waals surface area contributed by atoms with E-state index in [-0.39, 0.29) is 17.4 Å². The fraction of sp³-hybridized carbons (Fsp3) is 0.452. The lowest BCUT2D eigenvalue weighted by Gasteiger charge is -2.37. The fourth-order valence-electron chi connectivity index (χ4n) is 5.40. The number of fused-ring (bicyclic) bond motifs is 1. The lowest BCUT2D eigenvalue weighted by molar-refractivity contribution is -0.274. The Morgan fingerprint density at radius 2 is 1.75 bits per heavy atom. The van der Waals surface area contributed by atoms with Crippen LogP contribution in [0.5, 0.6) is 5.75 Å². The molecule has 0 bridgehead atoms. The topological polar surface area (TPSA) is 62.7 Å². The minimum atomic E-state index is -4.88. The first-order valence-electron chi connectivity index (χ1n) is 14.0. The smallest absolute Gasteiger partial charge is 0.403 e. The number of piperazine rings is 1. The molecule has 212 valence electrons. The van der Waals surface area contributed by atoms with Crippen molar-refractivity contribution in [2.24, 2.45) is 5.92 Å². The highest BCUT2D eigenvalue weighted by atomic mass is 19.4. The van der Waals surface area contributed by atoms with Crippen LogP contribution in [0.2, 0.25) is 0 Å². The van der Waals surface area contributed by atoms with Gasteiger partial charge in [-0.05, 0) is 55.2 Å². The number of hydrogen-bond donors (Lipinski definition) is 0. The number of carbonyl (C=O) groups excluding carboxylic acids is 2. The summed E-state index contributed by atoms with van der Waals surface area (Å²) in [6.07, 6.45) is 1.61. The van der Waals surface area contributed by atoms with E-state index < -0.39 is 6.36 Å². The van der Waals surface area contributed by atoms with E-state index in [0.29, 0.717) is 79.9 Å². The molecule has 0 unspecified atom stereocenters. The van der Waals surface area contributed by atoms with Gasteiger partial charge < -0.3 is 14.5 Å². The Morgan fingerprint density at radius 1 is 1.02 bits per heavy atom. The molecule has 6 nitrogen and oxygen atoms in total. The second-order valence-electron chi connectivity index (χ2n) is 10.7. The zero-order chi connectivity index (χ0) is 28.3. The van der Waals surface area contributed by atoms with Crippen LogP contribution >= 0.6 is 0 Å². The number of anilines is 1. The second-order valence-corrected chi connectivity index (χ2v) is 10.7. The van der Waals surface area contributed by atoms with E-state index in [2.05, 4.69) is 9.72 Å². The number of rotatable bonds is 10. The average molecular weight is 554 g/mol. The summed E-state index contributed by atoms with van der Waals surface area (Å²) in [4.78, 5) is 33.7. The molecular formula is C31H34F3N3O3. The highest BCUT2D eigenvalue weighted by molar-refractivity contribution is 6.02. The van der Waals surface area contributed by atoms with Crippen molar-refractivity contribution in [3.05, 3.63) is 65.4 Å². The van der Waals surface area contributed by atoms with Crippen LogP contribution in [0.4, 0.5) is 18.9 Å². The van der Waals surface area contributed by atoms with Gasteiger partial charge in [-0.2, -0.15) is 0 Å². The molecule has 2 heterocycles. The van der Waals surface area contributed by atoms with Gasteiger partial charge in [-0.3, -0.25) is 14.6 Å². The lowest BCUT2D eigenvalue weighted by Crippen LogP contribution is -2.48. The zero-order valence-corrected chi connectivity index (χ0v) is 22.7. The predicted molar refractivity (Wildman–Crippen MR) is 148 cm³/mol. The number of nitrogens with zero attached hydrogens (tertiary/aromatic N) is 3. The van der Waals surface area contributed by atoms with E-state index in [0.717, 1.165) is 30.4 Å². The van der Waals surface area contributed by atoms with Crippen LogP contribution in [0.3, 0.4) is 0 Å². The molecule has 0 N–H and O–H groups in total. The lowest BCUT2D eigenvalue weighted by atomic mass is 9.93. The summed E-state index contributed by atoms with van der Waals surface area (Å²) in [5.74, 6) is 0.153. The van der Waals surface area contributed by atoms with Gasteiger partial charge in [0.05, 0.1) is 11.2 Å². The van der Waals surface area contributed by atoms with Crippen molar-refractivity contribution in [1.29, 1.82) is 0 Å². The van der Waals surface area contributed by atoms with Crippen LogP contribution < -0.4 is 9.64 Å². The Balaban J connectivity index is 1.54. The van der Waals surface area contributed by atoms with E-state index in [1.165, 1.54) is 12.3 Å². The maximum absolute atomic E-state index is 13.5. The van der Waals surface area contributed by atoms with Gasteiger partial charge in [-0.1, -0.05) is 37.3 Å². The number of halogens is 3. The summed E-state index contributed by atoms with van der Waals surface area (Å²) in [7, 11) is 0. The standard InChI is InChI=1S/C31H34F3N3O3/c1-2-6-30(39)37-15-13-36(14-16-37)27-18-24-23(12-11-21-7-4-3-5-8-21)25(28(38)17-22-9-10-22)20-35-26(24)19-29(27)40-31(32,33)34/h3-5,7-8,18-20,22H,2,6,9-17H2,1H3. The summed E-state index contributed by atoms with van der Waals surface area (Å²) in [5, 5.41) is 0.659. The molecule has 1 saturated heterocycles. The Bertz CT molecular complexity index is 1360. The number of aromatic nitrogens is 1. The van der Waals surface area contributed by atoms with Gasteiger partial charge in [0.25, 0.3) is 0 Å². The summed E-state index contributed by atoms with van der Waals surface area (Å²) >= 11 is 0. The first-order chi connectivity index (χ1) is 19.2. The van der Waals surface area contributed by atoms with Gasteiger partial charge in [0.2, 0.25) is 5.91 Å². The molecule has 0 radical (unpaired) electrons. The van der Waals surface area contributed by atoms with Gasteiger partial charge in [0.1, 0.15) is 0 Å².